The molecule has 2 rings (SSSR count). The second-order valence-corrected chi connectivity index (χ2v) is 5.57. The number of hydrogen-bond acceptors (Lipinski definition) is 6. The van der Waals surface area contributed by atoms with E-state index in [0.29, 0.717) is 30.1 Å². The van der Waals surface area contributed by atoms with Gasteiger partial charge in [-0.2, -0.15) is 0 Å². The van der Waals surface area contributed by atoms with Gasteiger partial charge in [-0.1, -0.05) is 0 Å². The van der Waals surface area contributed by atoms with Gasteiger partial charge >= 0.3 is 0 Å². The lowest BCUT2D eigenvalue weighted by atomic mass is 10.1. The fraction of sp³-hybridized carbons (Fsp3) is 0. The molecule has 0 atom stereocenters. The summed E-state index contributed by atoms with van der Waals surface area (Å²) in [6.45, 7) is 0. The summed E-state index contributed by atoms with van der Waals surface area (Å²) in [4.78, 5) is 0. The predicted octanol–water partition coefficient (Wildman–Crippen LogP) is 1.26. The van der Waals surface area contributed by atoms with Crippen molar-refractivity contribution in [3.8, 4) is 0 Å². The standard InChI is InChI=1S/C10H6Br2N4S2/c11-5-1-3-4(10(16-18)7(5)13)2-6(12)8(14)9(3)15-17/h1-2,13-14,17-18H/b13-7?,14-8?,15-9-,16-10-. The number of nitrogens with zero attached hydrogens (tertiary/aromatic N) is 2. The summed E-state index contributed by atoms with van der Waals surface area (Å²) in [6, 6.07) is 3.47. The molecule has 0 amide bonds. The molecule has 0 unspecified atom stereocenters. The largest absolute Gasteiger partial charge is 0.297 e. The molecule has 0 bridgehead atoms. The van der Waals surface area contributed by atoms with E-state index in [1.54, 1.807) is 12.1 Å². The maximum Gasteiger partial charge on any atom is 0.105 e. The molecule has 2 aliphatic carbocycles. The van der Waals surface area contributed by atoms with E-state index in [4.69, 9.17) is 10.8 Å². The summed E-state index contributed by atoms with van der Waals surface area (Å²) < 4.78 is 8.81. The summed E-state index contributed by atoms with van der Waals surface area (Å²) in [6.07, 6.45) is 0. The van der Waals surface area contributed by atoms with Gasteiger partial charge < -0.3 is 0 Å². The first-order valence-corrected chi connectivity index (χ1v) is 7.02. The lowest BCUT2D eigenvalue weighted by Crippen LogP contribution is -2.33. The Kier molecular flexibility index (Phi) is 4.10. The molecule has 0 spiro atoms. The van der Waals surface area contributed by atoms with Crippen LogP contribution in [0.4, 0.5) is 0 Å². The third-order valence-electron chi connectivity index (χ3n) is 2.49. The molecule has 0 aromatic rings. The van der Waals surface area contributed by atoms with E-state index in [1.165, 1.54) is 0 Å². The molecular weight excluding hydrogens is 400 g/mol. The Morgan fingerprint density at radius 1 is 0.833 bits per heavy atom. The fourth-order valence-corrected chi connectivity index (χ4v) is 2.90. The van der Waals surface area contributed by atoms with Crippen LogP contribution in [0.3, 0.4) is 0 Å². The maximum absolute atomic E-state index is 7.93. The monoisotopic (exact) mass is 404 g/mol. The Labute approximate surface area is 129 Å². The van der Waals surface area contributed by atoms with E-state index < -0.39 is 0 Å². The van der Waals surface area contributed by atoms with Crippen LogP contribution in [0, 0.1) is 21.3 Å². The number of halogens is 2. The molecule has 0 aromatic carbocycles. The Balaban J connectivity index is 3.45. The predicted molar refractivity (Wildman–Crippen MR) is 80.3 cm³/mol. The van der Waals surface area contributed by atoms with E-state index in [9.17, 15) is 0 Å². The van der Waals surface area contributed by atoms with Crippen LogP contribution in [-0.4, -0.2) is 0 Å². The van der Waals surface area contributed by atoms with Crippen molar-refractivity contribution in [3.63, 3.8) is 0 Å². The molecule has 0 aromatic heterocycles. The van der Waals surface area contributed by atoms with Crippen molar-refractivity contribution < 1.29 is 0 Å². The summed E-state index contributed by atoms with van der Waals surface area (Å²) >= 11 is 14.4. The smallest absolute Gasteiger partial charge is 0.105 e. The van der Waals surface area contributed by atoms with Crippen molar-refractivity contribution in [1.29, 1.82) is 10.8 Å². The van der Waals surface area contributed by atoms with Crippen molar-refractivity contribution in [3.05, 3.63) is 52.9 Å². The highest BCUT2D eigenvalue weighted by atomic mass is 79.9. The van der Waals surface area contributed by atoms with Crippen LogP contribution in [0.25, 0.3) is 0 Å². The molecule has 0 aliphatic heterocycles. The highest BCUT2D eigenvalue weighted by molar-refractivity contribution is 9.10. The Morgan fingerprint density at radius 3 is 1.44 bits per heavy atom. The SMILES string of the molecule is N=c1c(Br)cc2c(=N/S)/c(=N)c(Br)cc=2/c1=N/S. The first-order chi connectivity index (χ1) is 8.51. The third-order valence-corrected chi connectivity index (χ3v) is 4.14. The van der Waals surface area contributed by atoms with Gasteiger partial charge in [-0.3, -0.25) is 10.8 Å². The molecule has 4 nitrogen and oxygen atoms in total. The van der Waals surface area contributed by atoms with Gasteiger partial charge in [0.25, 0.3) is 0 Å². The third kappa shape index (κ3) is 2.11. The molecule has 0 heterocycles. The molecule has 92 valence electrons. The zero-order chi connectivity index (χ0) is 13.4. The number of rotatable bonds is 0. The van der Waals surface area contributed by atoms with Gasteiger partial charge in [0.05, 0.1) is 10.7 Å². The molecule has 0 saturated heterocycles. The minimum atomic E-state index is 0.243. The molecule has 0 radical (unpaired) electrons. The fourth-order valence-electron chi connectivity index (χ4n) is 1.65. The Bertz CT molecular complexity index is 837. The molecule has 8 heteroatoms. The molecule has 2 aliphatic rings. The van der Waals surface area contributed by atoms with Crippen LogP contribution < -0.4 is 21.4 Å². The van der Waals surface area contributed by atoms with E-state index in [0.717, 1.165) is 0 Å². The molecule has 0 fully saturated rings. The van der Waals surface area contributed by atoms with Crippen LogP contribution >= 0.6 is 57.5 Å². The van der Waals surface area contributed by atoms with Crippen LogP contribution in [0.5, 0.6) is 0 Å². The van der Waals surface area contributed by atoms with Gasteiger partial charge in [0.15, 0.2) is 0 Å². The maximum atomic E-state index is 7.93. The molecule has 0 saturated carbocycles. The topological polar surface area (TPSA) is 72.4 Å². The zero-order valence-electron chi connectivity index (χ0n) is 8.70. The Morgan fingerprint density at radius 2 is 1.17 bits per heavy atom. The number of nitrogens with one attached hydrogen (secondary N) is 2. The lowest BCUT2D eigenvalue weighted by Gasteiger charge is -1.99. The summed E-state index contributed by atoms with van der Waals surface area (Å²) in [5.74, 6) is 0. The van der Waals surface area contributed by atoms with Crippen molar-refractivity contribution in [2.75, 3.05) is 0 Å². The lowest BCUT2D eigenvalue weighted by molar-refractivity contribution is 1.10. The quantitative estimate of drug-likeness (QED) is 0.476. The molecular formula is C10H6Br2N4S2. The van der Waals surface area contributed by atoms with E-state index >= 15 is 0 Å². The van der Waals surface area contributed by atoms with Crippen LogP contribution in [0.1, 0.15) is 0 Å². The first kappa shape index (κ1) is 14.0. The van der Waals surface area contributed by atoms with Crippen LogP contribution in [-0.2, 0) is 0 Å². The van der Waals surface area contributed by atoms with Crippen LogP contribution in [0.2, 0.25) is 0 Å². The van der Waals surface area contributed by atoms with Crippen molar-refractivity contribution >= 4 is 57.5 Å². The normalized spacial score (nSPS) is 13.6. The van der Waals surface area contributed by atoms with Gasteiger partial charge in [-0.15, -0.1) is 0 Å². The second-order valence-electron chi connectivity index (χ2n) is 3.46. The zero-order valence-corrected chi connectivity index (χ0v) is 13.7. The summed E-state index contributed by atoms with van der Waals surface area (Å²) in [7, 11) is 0. The van der Waals surface area contributed by atoms with Crippen molar-refractivity contribution in [2.45, 2.75) is 0 Å². The average Bonchev–Trinajstić information content (AvgIpc) is 2.34. The van der Waals surface area contributed by atoms with Gasteiger partial charge in [-0.25, -0.2) is 8.80 Å². The van der Waals surface area contributed by atoms with E-state index in [2.05, 4.69) is 66.3 Å². The number of thiol groups is 2. The molecule has 18 heavy (non-hydrogen) atoms. The molecule has 2 N–H and O–H groups in total. The minimum Gasteiger partial charge on any atom is -0.297 e. The van der Waals surface area contributed by atoms with Gasteiger partial charge in [0.2, 0.25) is 0 Å². The highest BCUT2D eigenvalue weighted by Gasteiger charge is 2.05. The minimum absolute atomic E-state index is 0.243. The van der Waals surface area contributed by atoms with Gasteiger partial charge in [-0.05, 0) is 69.6 Å². The highest BCUT2D eigenvalue weighted by Crippen LogP contribution is 2.05. The summed E-state index contributed by atoms with van der Waals surface area (Å²) in [5, 5.41) is 18.6. The van der Waals surface area contributed by atoms with E-state index in [-0.39, 0.29) is 10.7 Å². The first-order valence-electron chi connectivity index (χ1n) is 4.63. The van der Waals surface area contributed by atoms with Crippen molar-refractivity contribution in [1.82, 2.24) is 0 Å². The van der Waals surface area contributed by atoms with E-state index in [1.807, 2.05) is 0 Å². The average molecular weight is 406 g/mol. The summed E-state index contributed by atoms with van der Waals surface area (Å²) in [5.41, 5.74) is 0. The Hall–Kier alpha value is -0.440. The second kappa shape index (κ2) is 5.28. The van der Waals surface area contributed by atoms with Gasteiger partial charge in [0, 0.05) is 19.4 Å². The van der Waals surface area contributed by atoms with Crippen molar-refractivity contribution in [2.24, 2.45) is 8.80 Å². The number of hydrogen-bond donors (Lipinski definition) is 4. The van der Waals surface area contributed by atoms with Crippen LogP contribution in [0.15, 0.2) is 29.9 Å². The van der Waals surface area contributed by atoms with Gasteiger partial charge in [0.1, 0.15) is 10.7 Å².